The predicted molar refractivity (Wildman–Crippen MR) is 213 cm³/mol. The first-order valence-electron chi connectivity index (χ1n) is 17.5. The van der Waals surface area contributed by atoms with Crippen LogP contribution in [0.5, 0.6) is 0 Å². The molecule has 0 fully saturated rings. The third kappa shape index (κ3) is 4.26. The summed E-state index contributed by atoms with van der Waals surface area (Å²) < 4.78 is 9.44. The maximum Gasteiger partial charge on any atom is 0.167 e. The van der Waals surface area contributed by atoms with Gasteiger partial charge in [0.15, 0.2) is 17.5 Å². The van der Waals surface area contributed by atoms with Crippen LogP contribution < -0.4 is 0 Å². The normalized spacial score (nSPS) is 11.8. The fourth-order valence-electron chi connectivity index (χ4n) is 7.89. The summed E-state index contributed by atoms with van der Waals surface area (Å²) in [4.78, 5) is 15.0. The lowest BCUT2D eigenvalue weighted by Crippen LogP contribution is -2.00. The van der Waals surface area contributed by atoms with Crippen molar-refractivity contribution in [3.8, 4) is 39.9 Å². The van der Waals surface area contributed by atoms with Gasteiger partial charge in [-0.25, -0.2) is 15.0 Å². The number of hydrogen-bond donors (Lipinski definition) is 0. The molecule has 3 aromatic heterocycles. The van der Waals surface area contributed by atoms with E-state index in [1.165, 1.54) is 21.5 Å². The molecular formula is C47H28N4O. The van der Waals surface area contributed by atoms with Crippen LogP contribution in [0.15, 0.2) is 174 Å². The maximum atomic E-state index is 7.04. The van der Waals surface area contributed by atoms with Crippen molar-refractivity contribution in [3.63, 3.8) is 0 Å². The second-order valence-electron chi connectivity index (χ2n) is 13.2. The van der Waals surface area contributed by atoms with Crippen molar-refractivity contribution >= 4 is 65.3 Å². The van der Waals surface area contributed by atoms with Gasteiger partial charge in [-0.3, -0.25) is 0 Å². The number of hydrogen-bond acceptors (Lipinski definition) is 4. The van der Waals surface area contributed by atoms with E-state index < -0.39 is 0 Å². The lowest BCUT2D eigenvalue weighted by atomic mass is 10.00. The van der Waals surface area contributed by atoms with Crippen molar-refractivity contribution in [3.05, 3.63) is 170 Å². The molecule has 0 aliphatic heterocycles. The monoisotopic (exact) mass is 664 g/mol. The van der Waals surface area contributed by atoms with E-state index in [1.807, 2.05) is 66.7 Å². The Kier molecular flexibility index (Phi) is 6.18. The lowest BCUT2D eigenvalue weighted by molar-refractivity contribution is 0.673. The van der Waals surface area contributed by atoms with Crippen molar-refractivity contribution in [1.82, 2.24) is 19.5 Å². The molecule has 0 spiro atoms. The molecule has 0 saturated carbocycles. The molecular weight excluding hydrogens is 637 g/mol. The molecule has 0 N–H and O–H groups in total. The number of aromatic nitrogens is 4. The van der Waals surface area contributed by atoms with E-state index >= 15 is 0 Å². The third-order valence-electron chi connectivity index (χ3n) is 10.2. The van der Waals surface area contributed by atoms with Gasteiger partial charge < -0.3 is 8.98 Å². The van der Waals surface area contributed by atoms with Crippen LogP contribution in [0, 0.1) is 0 Å². The molecule has 5 nitrogen and oxygen atoms in total. The van der Waals surface area contributed by atoms with Gasteiger partial charge in [-0.2, -0.15) is 0 Å². The van der Waals surface area contributed by atoms with Gasteiger partial charge in [0.1, 0.15) is 11.2 Å². The Balaban J connectivity index is 1.20. The van der Waals surface area contributed by atoms with E-state index in [1.54, 1.807) is 0 Å². The topological polar surface area (TPSA) is 56.7 Å². The Bertz CT molecular complexity index is 3120. The maximum absolute atomic E-state index is 7.04. The van der Waals surface area contributed by atoms with Crippen LogP contribution in [0.3, 0.4) is 0 Å². The summed E-state index contributed by atoms with van der Waals surface area (Å²) in [5.41, 5.74) is 7.64. The molecule has 8 aromatic carbocycles. The molecule has 11 aromatic rings. The van der Waals surface area contributed by atoms with E-state index in [9.17, 15) is 0 Å². The Morgan fingerprint density at radius 1 is 0.385 bits per heavy atom. The van der Waals surface area contributed by atoms with Crippen LogP contribution >= 0.6 is 0 Å². The largest absolute Gasteiger partial charge is 0.455 e. The number of furan rings is 1. The van der Waals surface area contributed by atoms with Gasteiger partial charge in [0.05, 0.1) is 27.7 Å². The number of benzene rings is 8. The number of rotatable bonds is 4. The second-order valence-corrected chi connectivity index (χ2v) is 13.2. The molecule has 3 heterocycles. The molecule has 0 atom stereocenters. The summed E-state index contributed by atoms with van der Waals surface area (Å²) in [5.74, 6) is 1.80. The molecule has 0 unspecified atom stereocenters. The number of fused-ring (bicyclic) bond motifs is 10. The molecule has 0 aliphatic carbocycles. The van der Waals surface area contributed by atoms with Crippen LogP contribution in [-0.4, -0.2) is 19.5 Å². The lowest BCUT2D eigenvalue weighted by Gasteiger charge is -2.14. The van der Waals surface area contributed by atoms with Crippen molar-refractivity contribution in [2.75, 3.05) is 0 Å². The standard InChI is InChI=1S/C47H28N4O/c1-3-14-29(15-4-1)45-48-46(30-16-5-2-6-17-30)50-47(49-45)38-24-13-23-35-36-26-27-40-42(44(36)52-43(35)38)37-22-11-12-25-39(37)51(40)41-28-31-18-7-8-19-32(31)33-20-9-10-21-34(33)41/h1-28H. The Hall–Kier alpha value is -7.11. The highest BCUT2D eigenvalue weighted by Gasteiger charge is 2.22. The molecule has 0 bridgehead atoms. The average Bonchev–Trinajstić information content (AvgIpc) is 3.77. The minimum atomic E-state index is 0.568. The summed E-state index contributed by atoms with van der Waals surface area (Å²) in [6.07, 6.45) is 0. The van der Waals surface area contributed by atoms with E-state index in [0.29, 0.717) is 17.5 Å². The van der Waals surface area contributed by atoms with Crippen LogP contribution in [0.25, 0.3) is 105 Å². The number of nitrogens with zero attached hydrogens (tertiary/aromatic N) is 4. The van der Waals surface area contributed by atoms with Crippen LogP contribution in [0.4, 0.5) is 0 Å². The Labute approximate surface area is 298 Å². The molecule has 5 heteroatoms. The first-order valence-corrected chi connectivity index (χ1v) is 17.5. The minimum absolute atomic E-state index is 0.568. The first kappa shape index (κ1) is 28.7. The molecule has 242 valence electrons. The van der Waals surface area contributed by atoms with Crippen LogP contribution in [0.2, 0.25) is 0 Å². The zero-order valence-corrected chi connectivity index (χ0v) is 27.9. The van der Waals surface area contributed by atoms with Gasteiger partial charge in [-0.05, 0) is 46.5 Å². The van der Waals surface area contributed by atoms with Crippen LogP contribution in [-0.2, 0) is 0 Å². The second kappa shape index (κ2) is 11.2. The SMILES string of the molecule is c1ccc(-c2nc(-c3ccccc3)nc(-c3cccc4c3oc3c4ccc4c3c3ccccc3n4-c3cc4ccccc4c4ccccc34)n2)cc1. The Morgan fingerprint density at radius 2 is 0.962 bits per heavy atom. The molecule has 0 amide bonds. The minimum Gasteiger partial charge on any atom is -0.455 e. The van der Waals surface area contributed by atoms with Gasteiger partial charge >= 0.3 is 0 Å². The fraction of sp³-hybridized carbons (Fsp3) is 0. The van der Waals surface area contributed by atoms with Gasteiger partial charge in [0.25, 0.3) is 0 Å². The summed E-state index contributed by atoms with van der Waals surface area (Å²) in [5, 5.41) is 9.18. The summed E-state index contributed by atoms with van der Waals surface area (Å²) in [7, 11) is 0. The summed E-state index contributed by atoms with van der Waals surface area (Å²) in [6, 6.07) is 59.1. The predicted octanol–water partition coefficient (Wildman–Crippen LogP) is 12.2. The van der Waals surface area contributed by atoms with E-state index in [0.717, 1.165) is 66.1 Å². The van der Waals surface area contributed by atoms with Crippen molar-refractivity contribution in [2.45, 2.75) is 0 Å². The van der Waals surface area contributed by atoms with Gasteiger partial charge in [0, 0.05) is 32.7 Å². The van der Waals surface area contributed by atoms with E-state index in [4.69, 9.17) is 19.4 Å². The smallest absolute Gasteiger partial charge is 0.167 e. The van der Waals surface area contributed by atoms with Gasteiger partial charge in [-0.1, -0.05) is 140 Å². The van der Waals surface area contributed by atoms with Crippen molar-refractivity contribution in [2.24, 2.45) is 0 Å². The number of para-hydroxylation sites is 2. The third-order valence-corrected chi connectivity index (χ3v) is 10.2. The Morgan fingerprint density at radius 3 is 1.71 bits per heavy atom. The zero-order valence-electron chi connectivity index (χ0n) is 27.9. The van der Waals surface area contributed by atoms with E-state index in [2.05, 4.69) is 108 Å². The summed E-state index contributed by atoms with van der Waals surface area (Å²) >= 11 is 0. The average molecular weight is 665 g/mol. The van der Waals surface area contributed by atoms with Crippen molar-refractivity contribution in [1.29, 1.82) is 0 Å². The highest BCUT2D eigenvalue weighted by Crippen LogP contribution is 2.44. The molecule has 0 saturated heterocycles. The highest BCUT2D eigenvalue weighted by atomic mass is 16.3. The molecule has 0 radical (unpaired) electrons. The van der Waals surface area contributed by atoms with Crippen LogP contribution in [0.1, 0.15) is 0 Å². The first-order chi connectivity index (χ1) is 25.8. The van der Waals surface area contributed by atoms with Gasteiger partial charge in [0.2, 0.25) is 0 Å². The highest BCUT2D eigenvalue weighted by molar-refractivity contribution is 6.25. The molecule has 11 rings (SSSR count). The summed E-state index contributed by atoms with van der Waals surface area (Å²) in [6.45, 7) is 0. The molecule has 52 heavy (non-hydrogen) atoms. The van der Waals surface area contributed by atoms with E-state index in [-0.39, 0.29) is 0 Å². The quantitative estimate of drug-likeness (QED) is 0.176. The molecule has 0 aliphatic rings. The van der Waals surface area contributed by atoms with Gasteiger partial charge in [-0.15, -0.1) is 0 Å². The van der Waals surface area contributed by atoms with Crippen molar-refractivity contribution < 1.29 is 4.42 Å². The zero-order chi connectivity index (χ0) is 34.2. The fourth-order valence-corrected chi connectivity index (χ4v) is 7.89.